The van der Waals surface area contributed by atoms with Gasteiger partial charge in [-0.15, -0.1) is 0 Å². The lowest BCUT2D eigenvalue weighted by molar-refractivity contribution is 1.27. The summed E-state index contributed by atoms with van der Waals surface area (Å²) in [6, 6.07) is 0. The highest BCUT2D eigenvalue weighted by Gasteiger charge is 1.93. The SMILES string of the molecule is CC1=C(N)C=NI=N1. The molecule has 0 spiro atoms. The average molecular weight is 223 g/mol. The van der Waals surface area contributed by atoms with Crippen LogP contribution in [0.15, 0.2) is 17.7 Å². The fourth-order valence-electron chi connectivity index (χ4n) is 0.295. The van der Waals surface area contributed by atoms with Gasteiger partial charge in [-0.3, -0.25) is 0 Å². The molecule has 8 heavy (non-hydrogen) atoms. The predicted molar refractivity (Wildman–Crippen MR) is 41.8 cm³/mol. The molecule has 44 valence electrons. The Labute approximate surface area is 58.2 Å². The summed E-state index contributed by atoms with van der Waals surface area (Å²) in [5.41, 5.74) is 7.07. The minimum Gasteiger partial charge on any atom is -0.396 e. The summed E-state index contributed by atoms with van der Waals surface area (Å²) >= 11 is -0.296. The predicted octanol–water partition coefficient (Wildman–Crippen LogP) is 1.33. The van der Waals surface area contributed by atoms with Crippen molar-refractivity contribution in [3.8, 4) is 0 Å². The van der Waals surface area contributed by atoms with Gasteiger partial charge in [0, 0.05) is 0 Å². The molecule has 2 N–H and O–H groups in total. The number of nitrogens with zero attached hydrogens (tertiary/aromatic N) is 2. The van der Waals surface area contributed by atoms with Crippen molar-refractivity contribution >= 4 is 27.5 Å². The summed E-state index contributed by atoms with van der Waals surface area (Å²) in [6.07, 6.45) is 1.69. The van der Waals surface area contributed by atoms with Crippen LogP contribution in [0.3, 0.4) is 0 Å². The van der Waals surface area contributed by atoms with E-state index in [1.165, 1.54) is 0 Å². The molecular weight excluding hydrogens is 217 g/mol. The van der Waals surface area contributed by atoms with Crippen LogP contribution in [0, 0.1) is 0 Å². The second-order valence-corrected chi connectivity index (χ2v) is 2.90. The fraction of sp³-hybridized carbons (Fsp3) is 0.250. The summed E-state index contributed by atoms with van der Waals surface area (Å²) < 4.78 is 8.02. The van der Waals surface area contributed by atoms with Crippen molar-refractivity contribution in [2.45, 2.75) is 6.92 Å². The molecule has 0 saturated carbocycles. The molecule has 0 atom stereocenters. The second-order valence-electron chi connectivity index (χ2n) is 1.43. The van der Waals surface area contributed by atoms with Crippen LogP contribution in [0.1, 0.15) is 6.92 Å². The monoisotopic (exact) mass is 223 g/mol. The van der Waals surface area contributed by atoms with E-state index in [1.807, 2.05) is 6.92 Å². The van der Waals surface area contributed by atoms with Gasteiger partial charge in [0.15, 0.2) is 0 Å². The first kappa shape index (κ1) is 5.87. The molecule has 0 aliphatic carbocycles. The molecule has 0 saturated heterocycles. The molecule has 0 amide bonds. The van der Waals surface area contributed by atoms with E-state index in [0.717, 1.165) is 5.70 Å². The maximum Gasteiger partial charge on any atom is 0.143 e. The zero-order valence-corrected chi connectivity index (χ0v) is 6.58. The molecule has 0 aromatic rings. The third kappa shape index (κ3) is 1.12. The van der Waals surface area contributed by atoms with E-state index in [1.54, 1.807) is 6.21 Å². The molecule has 1 rings (SSSR count). The van der Waals surface area contributed by atoms with Gasteiger partial charge in [0.25, 0.3) is 0 Å². The maximum atomic E-state index is 5.43. The van der Waals surface area contributed by atoms with Gasteiger partial charge in [-0.25, -0.2) is 6.35 Å². The number of nitrogens with two attached hydrogens (primary N) is 1. The van der Waals surface area contributed by atoms with Crippen LogP contribution in [-0.4, -0.2) is 6.21 Å². The van der Waals surface area contributed by atoms with E-state index >= 15 is 0 Å². The lowest BCUT2D eigenvalue weighted by atomic mass is 10.4. The summed E-state index contributed by atoms with van der Waals surface area (Å²) in [4.78, 5) is 0. The molecular formula is C4H6IN3. The van der Waals surface area contributed by atoms with Crippen LogP contribution in [-0.2, 0) is 0 Å². The van der Waals surface area contributed by atoms with Crippen molar-refractivity contribution in [3.05, 3.63) is 11.4 Å². The number of hydrogen-bond acceptors (Lipinski definition) is 3. The lowest BCUT2D eigenvalue weighted by Crippen LogP contribution is -2.01. The summed E-state index contributed by atoms with van der Waals surface area (Å²) in [5, 5.41) is 0. The maximum absolute atomic E-state index is 5.43. The Morgan fingerprint density at radius 2 is 2.50 bits per heavy atom. The third-order valence-electron chi connectivity index (χ3n) is 0.814. The largest absolute Gasteiger partial charge is 0.396 e. The summed E-state index contributed by atoms with van der Waals surface area (Å²) in [5.74, 6) is 0. The molecule has 0 unspecified atom stereocenters. The average Bonchev–Trinajstić information content (AvgIpc) is 1.77. The Balaban J connectivity index is 2.97. The number of halogens is 1. The molecule has 4 heteroatoms. The van der Waals surface area contributed by atoms with E-state index in [0.29, 0.717) is 5.70 Å². The number of allylic oxidation sites excluding steroid dienone is 2. The highest BCUT2D eigenvalue weighted by atomic mass is 127. The highest BCUT2D eigenvalue weighted by molar-refractivity contribution is 14.1. The Morgan fingerprint density at radius 1 is 1.75 bits per heavy atom. The van der Waals surface area contributed by atoms with Gasteiger partial charge in [-0.2, -0.15) is 0 Å². The van der Waals surface area contributed by atoms with Gasteiger partial charge >= 0.3 is 0 Å². The van der Waals surface area contributed by atoms with Crippen molar-refractivity contribution in [2.24, 2.45) is 12.1 Å². The van der Waals surface area contributed by atoms with E-state index in [2.05, 4.69) is 6.35 Å². The van der Waals surface area contributed by atoms with Gasteiger partial charge in [0.2, 0.25) is 0 Å². The van der Waals surface area contributed by atoms with Crippen LogP contribution in [0.4, 0.5) is 0 Å². The second kappa shape index (κ2) is 2.34. The van der Waals surface area contributed by atoms with Crippen LogP contribution in [0.2, 0.25) is 0 Å². The summed E-state index contributed by atoms with van der Waals surface area (Å²) in [6.45, 7) is 1.90. The molecule has 0 bridgehead atoms. The Hall–Kier alpha value is -0.260. The third-order valence-corrected chi connectivity index (χ3v) is 2.28. The molecule has 1 aliphatic rings. The fourth-order valence-corrected chi connectivity index (χ4v) is 1.45. The number of rotatable bonds is 0. The molecule has 0 aromatic heterocycles. The first-order valence-corrected chi connectivity index (χ1v) is 4.08. The van der Waals surface area contributed by atoms with Crippen molar-refractivity contribution in [1.29, 1.82) is 0 Å². The smallest absolute Gasteiger partial charge is 0.143 e. The minimum absolute atomic E-state index is 0.296. The van der Waals surface area contributed by atoms with Crippen molar-refractivity contribution in [2.75, 3.05) is 0 Å². The summed E-state index contributed by atoms with van der Waals surface area (Å²) in [7, 11) is 0. The zero-order valence-electron chi connectivity index (χ0n) is 4.43. The first-order valence-electron chi connectivity index (χ1n) is 2.15. The Bertz CT molecular complexity index is 160. The lowest BCUT2D eigenvalue weighted by Gasteiger charge is -1.96. The Morgan fingerprint density at radius 3 is 2.88 bits per heavy atom. The van der Waals surface area contributed by atoms with E-state index in [-0.39, 0.29) is 21.3 Å². The van der Waals surface area contributed by atoms with Crippen molar-refractivity contribution in [3.63, 3.8) is 0 Å². The molecule has 1 heterocycles. The van der Waals surface area contributed by atoms with Crippen molar-refractivity contribution < 1.29 is 0 Å². The van der Waals surface area contributed by atoms with Crippen LogP contribution in [0.25, 0.3) is 0 Å². The van der Waals surface area contributed by atoms with Gasteiger partial charge in [-0.05, 0) is 6.92 Å². The van der Waals surface area contributed by atoms with Crippen LogP contribution < -0.4 is 5.73 Å². The number of hydrogen-bond donors (Lipinski definition) is 1. The van der Waals surface area contributed by atoms with Crippen LogP contribution >= 0.6 is 21.3 Å². The standard InChI is InChI=1S/C4H6IN3/c1-3-4(6)2-7-5-8-3/h2H,6H2,1H3. The van der Waals surface area contributed by atoms with E-state index in [4.69, 9.17) is 5.73 Å². The van der Waals surface area contributed by atoms with Gasteiger partial charge in [0.1, 0.15) is 21.3 Å². The molecule has 1 aliphatic heterocycles. The van der Waals surface area contributed by atoms with E-state index < -0.39 is 0 Å². The van der Waals surface area contributed by atoms with Crippen LogP contribution in [0.5, 0.6) is 0 Å². The quantitative estimate of drug-likeness (QED) is 0.618. The minimum atomic E-state index is -0.296. The van der Waals surface area contributed by atoms with Gasteiger partial charge < -0.3 is 5.73 Å². The highest BCUT2D eigenvalue weighted by Crippen LogP contribution is 2.14. The van der Waals surface area contributed by atoms with Gasteiger partial charge in [0.05, 0.1) is 17.6 Å². The Kier molecular flexibility index (Phi) is 1.72. The molecule has 0 fully saturated rings. The normalized spacial score (nSPS) is 18.6. The molecule has 0 radical (unpaired) electrons. The first-order chi connectivity index (χ1) is 3.80. The zero-order chi connectivity index (χ0) is 5.98. The van der Waals surface area contributed by atoms with Gasteiger partial charge in [-0.1, -0.05) is 0 Å². The molecule has 3 nitrogen and oxygen atoms in total. The van der Waals surface area contributed by atoms with Crippen molar-refractivity contribution in [1.82, 2.24) is 0 Å². The molecule has 0 aromatic carbocycles. The topological polar surface area (TPSA) is 50.7 Å². The van der Waals surface area contributed by atoms with E-state index in [9.17, 15) is 0 Å².